The molecule has 0 aromatic carbocycles. The van der Waals surface area contributed by atoms with Gasteiger partial charge in [0.05, 0.1) is 6.61 Å². The van der Waals surface area contributed by atoms with Crippen LogP contribution in [0.5, 0.6) is 0 Å². The van der Waals surface area contributed by atoms with Gasteiger partial charge in [-0.25, -0.2) is 0 Å². The maximum atomic E-state index is 11.5. The fraction of sp³-hybridized carbons (Fsp3) is 0.929. The molecular formula is C14H27NO3. The molecule has 106 valence electrons. The molecule has 0 aliphatic heterocycles. The molecule has 0 heterocycles. The predicted octanol–water partition coefficient (Wildman–Crippen LogP) is 2.12. The Hall–Kier alpha value is -0.610. The highest BCUT2D eigenvalue weighted by Gasteiger charge is 2.18. The Labute approximate surface area is 110 Å². The van der Waals surface area contributed by atoms with E-state index in [1.165, 1.54) is 32.1 Å². The van der Waals surface area contributed by atoms with Crippen LogP contribution >= 0.6 is 0 Å². The number of hydrogen-bond acceptors (Lipinski definition) is 4. The third-order valence-corrected chi connectivity index (χ3v) is 3.55. The fourth-order valence-electron chi connectivity index (χ4n) is 2.43. The Bertz CT molecular complexity index is 227. The summed E-state index contributed by atoms with van der Waals surface area (Å²) in [6.45, 7) is 3.73. The Morgan fingerprint density at radius 2 is 2.06 bits per heavy atom. The van der Waals surface area contributed by atoms with E-state index in [9.17, 15) is 4.79 Å². The molecule has 1 fully saturated rings. The molecule has 18 heavy (non-hydrogen) atoms. The zero-order valence-electron chi connectivity index (χ0n) is 11.7. The number of rotatable bonds is 8. The molecule has 1 unspecified atom stereocenters. The Kier molecular flexibility index (Phi) is 8.01. The number of esters is 1. The van der Waals surface area contributed by atoms with Crippen molar-refractivity contribution in [3.8, 4) is 0 Å². The second-order valence-electron chi connectivity index (χ2n) is 4.96. The second-order valence-corrected chi connectivity index (χ2v) is 4.96. The van der Waals surface area contributed by atoms with Crippen molar-refractivity contribution in [2.45, 2.75) is 51.5 Å². The van der Waals surface area contributed by atoms with Crippen molar-refractivity contribution in [3.63, 3.8) is 0 Å². The molecule has 1 saturated carbocycles. The van der Waals surface area contributed by atoms with Crippen LogP contribution < -0.4 is 5.32 Å². The lowest BCUT2D eigenvalue weighted by molar-refractivity contribution is -0.146. The first-order valence-electron chi connectivity index (χ1n) is 7.19. The second kappa shape index (κ2) is 9.34. The minimum Gasteiger partial charge on any atom is -0.465 e. The van der Waals surface area contributed by atoms with E-state index in [2.05, 4.69) is 5.32 Å². The summed E-state index contributed by atoms with van der Waals surface area (Å²) in [6.07, 6.45) is 7.34. The third kappa shape index (κ3) is 5.83. The van der Waals surface area contributed by atoms with Crippen molar-refractivity contribution in [1.82, 2.24) is 5.32 Å². The van der Waals surface area contributed by atoms with Gasteiger partial charge in [-0.15, -0.1) is 0 Å². The van der Waals surface area contributed by atoms with Gasteiger partial charge in [0, 0.05) is 13.2 Å². The van der Waals surface area contributed by atoms with Gasteiger partial charge >= 0.3 is 5.97 Å². The number of likely N-dealkylation sites (N-methyl/N-ethyl adjacent to an activating group) is 1. The number of hydrogen-bond donors (Lipinski definition) is 1. The standard InChI is InChI=1S/C14H27NO3/c1-3-18-14(16)13(15-2)9-10-17-11-12-7-5-4-6-8-12/h12-13,15H,3-11H2,1-2H3. The molecule has 0 radical (unpaired) electrons. The van der Waals surface area contributed by atoms with Crippen molar-refractivity contribution >= 4 is 5.97 Å². The average molecular weight is 257 g/mol. The first-order chi connectivity index (χ1) is 8.77. The summed E-state index contributed by atoms with van der Waals surface area (Å²) >= 11 is 0. The quantitative estimate of drug-likeness (QED) is 0.534. The molecule has 0 aromatic heterocycles. The smallest absolute Gasteiger partial charge is 0.323 e. The predicted molar refractivity (Wildman–Crippen MR) is 71.5 cm³/mol. The number of nitrogens with one attached hydrogen (secondary N) is 1. The highest BCUT2D eigenvalue weighted by atomic mass is 16.5. The Morgan fingerprint density at radius 3 is 2.67 bits per heavy atom. The lowest BCUT2D eigenvalue weighted by Gasteiger charge is -2.21. The normalized spacial score (nSPS) is 18.6. The van der Waals surface area contributed by atoms with Gasteiger partial charge < -0.3 is 14.8 Å². The largest absolute Gasteiger partial charge is 0.465 e. The molecule has 1 aliphatic rings. The molecule has 4 nitrogen and oxygen atoms in total. The third-order valence-electron chi connectivity index (χ3n) is 3.55. The molecule has 0 spiro atoms. The number of carbonyl (C=O) groups excluding carboxylic acids is 1. The van der Waals surface area contributed by atoms with Crippen LogP contribution in [-0.4, -0.2) is 38.9 Å². The molecule has 1 atom stereocenters. The van der Waals surface area contributed by atoms with Crippen molar-refractivity contribution < 1.29 is 14.3 Å². The molecule has 1 rings (SSSR count). The van der Waals surface area contributed by atoms with Crippen LogP contribution in [0.25, 0.3) is 0 Å². The molecular weight excluding hydrogens is 230 g/mol. The molecule has 1 aliphatic carbocycles. The van der Waals surface area contributed by atoms with Crippen molar-refractivity contribution in [2.75, 3.05) is 26.9 Å². The maximum Gasteiger partial charge on any atom is 0.323 e. The van der Waals surface area contributed by atoms with Gasteiger partial charge in [0.1, 0.15) is 6.04 Å². The average Bonchev–Trinajstić information content (AvgIpc) is 2.40. The summed E-state index contributed by atoms with van der Waals surface area (Å²) < 4.78 is 10.7. The minimum atomic E-state index is -0.240. The van der Waals surface area contributed by atoms with Gasteiger partial charge in [0.15, 0.2) is 0 Å². The van der Waals surface area contributed by atoms with Crippen LogP contribution in [0.2, 0.25) is 0 Å². The molecule has 0 bridgehead atoms. The van der Waals surface area contributed by atoms with E-state index in [0.29, 0.717) is 19.6 Å². The van der Waals surface area contributed by atoms with E-state index in [-0.39, 0.29) is 12.0 Å². The van der Waals surface area contributed by atoms with E-state index < -0.39 is 0 Å². The lowest BCUT2D eigenvalue weighted by atomic mass is 9.90. The van der Waals surface area contributed by atoms with E-state index in [0.717, 1.165) is 12.5 Å². The van der Waals surface area contributed by atoms with Gasteiger partial charge in [-0.05, 0) is 39.2 Å². The number of ether oxygens (including phenoxy) is 2. The van der Waals surface area contributed by atoms with Gasteiger partial charge in [-0.1, -0.05) is 19.3 Å². The van der Waals surface area contributed by atoms with Crippen LogP contribution in [-0.2, 0) is 14.3 Å². The zero-order valence-corrected chi connectivity index (χ0v) is 11.7. The summed E-state index contributed by atoms with van der Waals surface area (Å²) in [5.74, 6) is 0.552. The lowest BCUT2D eigenvalue weighted by Crippen LogP contribution is -2.36. The highest BCUT2D eigenvalue weighted by molar-refractivity contribution is 5.75. The molecule has 0 saturated heterocycles. The van der Waals surface area contributed by atoms with Crippen LogP contribution in [0.15, 0.2) is 0 Å². The van der Waals surface area contributed by atoms with Crippen molar-refractivity contribution in [3.05, 3.63) is 0 Å². The molecule has 1 N–H and O–H groups in total. The number of carbonyl (C=O) groups is 1. The van der Waals surface area contributed by atoms with Crippen LogP contribution in [0.1, 0.15) is 45.4 Å². The van der Waals surface area contributed by atoms with Gasteiger partial charge in [-0.3, -0.25) is 4.79 Å². The first-order valence-corrected chi connectivity index (χ1v) is 7.19. The SMILES string of the molecule is CCOC(=O)C(CCOCC1CCCCC1)NC. The highest BCUT2D eigenvalue weighted by Crippen LogP contribution is 2.23. The maximum absolute atomic E-state index is 11.5. The molecule has 4 heteroatoms. The Morgan fingerprint density at radius 1 is 1.33 bits per heavy atom. The van der Waals surface area contributed by atoms with Crippen LogP contribution in [0.4, 0.5) is 0 Å². The summed E-state index contributed by atoms with van der Waals surface area (Å²) in [4.78, 5) is 11.5. The van der Waals surface area contributed by atoms with E-state index in [1.807, 2.05) is 6.92 Å². The summed E-state index contributed by atoms with van der Waals surface area (Å²) in [5.41, 5.74) is 0. The van der Waals surface area contributed by atoms with Gasteiger partial charge in [0.2, 0.25) is 0 Å². The fourth-order valence-corrected chi connectivity index (χ4v) is 2.43. The summed E-state index contributed by atoms with van der Waals surface area (Å²) in [7, 11) is 1.78. The summed E-state index contributed by atoms with van der Waals surface area (Å²) in [5, 5.41) is 2.97. The molecule has 0 amide bonds. The van der Waals surface area contributed by atoms with Gasteiger partial charge in [0.25, 0.3) is 0 Å². The first kappa shape index (κ1) is 15.4. The van der Waals surface area contributed by atoms with Crippen molar-refractivity contribution in [1.29, 1.82) is 0 Å². The van der Waals surface area contributed by atoms with Gasteiger partial charge in [-0.2, -0.15) is 0 Å². The van der Waals surface area contributed by atoms with Crippen molar-refractivity contribution in [2.24, 2.45) is 5.92 Å². The van der Waals surface area contributed by atoms with Crippen LogP contribution in [0, 0.1) is 5.92 Å². The Balaban J connectivity index is 2.09. The topological polar surface area (TPSA) is 47.6 Å². The van der Waals surface area contributed by atoms with Crippen LogP contribution in [0.3, 0.4) is 0 Å². The summed E-state index contributed by atoms with van der Waals surface area (Å²) in [6, 6.07) is -0.240. The van der Waals surface area contributed by atoms with E-state index in [1.54, 1.807) is 7.05 Å². The van der Waals surface area contributed by atoms with E-state index in [4.69, 9.17) is 9.47 Å². The minimum absolute atomic E-state index is 0.179. The molecule has 0 aromatic rings. The zero-order chi connectivity index (χ0) is 13.2. The monoisotopic (exact) mass is 257 g/mol. The van der Waals surface area contributed by atoms with E-state index >= 15 is 0 Å².